The molecule has 7 nitrogen and oxygen atoms in total. The van der Waals surface area contributed by atoms with Gasteiger partial charge in [0.15, 0.2) is 11.5 Å². The molecular formula is C18H21F2NO6. The first-order valence-electron chi connectivity index (χ1n) is 8.71. The van der Waals surface area contributed by atoms with Crippen molar-refractivity contribution >= 4 is 11.9 Å². The Hall–Kier alpha value is -2.58. The number of alkyl halides is 2. The number of aliphatic carboxylic acids is 1. The van der Waals surface area contributed by atoms with Crippen LogP contribution in [0, 0.1) is 5.92 Å². The van der Waals surface area contributed by atoms with Gasteiger partial charge < -0.3 is 24.2 Å². The molecule has 0 spiro atoms. The van der Waals surface area contributed by atoms with Gasteiger partial charge in [0.05, 0.1) is 13.2 Å². The van der Waals surface area contributed by atoms with Crippen LogP contribution in [-0.2, 0) is 9.59 Å². The largest absolute Gasteiger partial charge is 0.489 e. The van der Waals surface area contributed by atoms with Gasteiger partial charge in [-0.25, -0.2) is 4.79 Å². The summed E-state index contributed by atoms with van der Waals surface area (Å²) in [4.78, 5) is 24.2. The number of benzene rings is 1. The van der Waals surface area contributed by atoms with Crippen molar-refractivity contribution in [2.45, 2.75) is 44.9 Å². The molecule has 0 aromatic heterocycles. The summed E-state index contributed by atoms with van der Waals surface area (Å²) in [6.45, 7) is -1.13. The van der Waals surface area contributed by atoms with E-state index in [1.54, 1.807) is 0 Å². The zero-order valence-electron chi connectivity index (χ0n) is 14.8. The fourth-order valence-corrected chi connectivity index (χ4v) is 3.02. The Bertz CT molecular complexity index is 687. The first-order valence-corrected chi connectivity index (χ1v) is 8.71. The van der Waals surface area contributed by atoms with Gasteiger partial charge in [0.2, 0.25) is 5.91 Å². The number of ether oxygens (including phenoxy) is 3. The van der Waals surface area contributed by atoms with Crippen molar-refractivity contribution in [2.75, 3.05) is 13.2 Å². The number of hydrogen-bond donors (Lipinski definition) is 1. The molecular weight excluding hydrogens is 364 g/mol. The monoisotopic (exact) mass is 385 g/mol. The van der Waals surface area contributed by atoms with Crippen molar-refractivity contribution in [1.29, 1.82) is 0 Å². The highest BCUT2D eigenvalue weighted by molar-refractivity contribution is 5.83. The summed E-state index contributed by atoms with van der Waals surface area (Å²) in [5.74, 6) is -0.617. The summed E-state index contributed by atoms with van der Waals surface area (Å²) < 4.78 is 41.0. The normalized spacial score (nSPS) is 22.0. The first kappa shape index (κ1) is 19.2. The quantitative estimate of drug-likeness (QED) is 0.740. The number of carboxylic acid groups (broad SMARTS) is 1. The zero-order chi connectivity index (χ0) is 19.6. The predicted molar refractivity (Wildman–Crippen MR) is 89.1 cm³/mol. The van der Waals surface area contributed by atoms with Crippen LogP contribution in [-0.4, -0.2) is 53.8 Å². The highest BCUT2D eigenvalue weighted by Gasteiger charge is 2.39. The van der Waals surface area contributed by atoms with Crippen LogP contribution in [0.4, 0.5) is 8.78 Å². The van der Waals surface area contributed by atoms with Crippen LogP contribution in [0.2, 0.25) is 0 Å². The van der Waals surface area contributed by atoms with Crippen molar-refractivity contribution < 1.29 is 37.7 Å². The van der Waals surface area contributed by atoms with Crippen LogP contribution in [0.25, 0.3) is 0 Å². The van der Waals surface area contributed by atoms with Gasteiger partial charge >= 0.3 is 12.6 Å². The molecule has 1 heterocycles. The van der Waals surface area contributed by atoms with E-state index >= 15 is 0 Å². The summed E-state index contributed by atoms with van der Waals surface area (Å²) in [5, 5.41) is 9.25. The smallest absolute Gasteiger partial charge is 0.387 e. The number of amides is 1. The molecule has 1 saturated carbocycles. The minimum Gasteiger partial charge on any atom is -0.489 e. The second kappa shape index (κ2) is 7.98. The topological polar surface area (TPSA) is 85.3 Å². The average molecular weight is 385 g/mol. The van der Waals surface area contributed by atoms with Crippen molar-refractivity contribution in [3.63, 3.8) is 0 Å². The Morgan fingerprint density at radius 3 is 2.59 bits per heavy atom. The highest BCUT2D eigenvalue weighted by Crippen LogP contribution is 2.36. The van der Waals surface area contributed by atoms with E-state index in [1.807, 2.05) is 0 Å². The number of rotatable bonds is 8. The summed E-state index contributed by atoms with van der Waals surface area (Å²) in [6.07, 6.45) is 1.71. The molecule has 3 rings (SSSR count). The molecule has 1 aliphatic heterocycles. The number of carbonyl (C=O) groups excluding carboxylic acids is 1. The molecule has 9 heteroatoms. The third-order valence-electron chi connectivity index (χ3n) is 4.56. The fourth-order valence-electron chi connectivity index (χ4n) is 3.02. The van der Waals surface area contributed by atoms with Gasteiger partial charge in [0.1, 0.15) is 17.9 Å². The van der Waals surface area contributed by atoms with Crippen molar-refractivity contribution in [1.82, 2.24) is 4.90 Å². The van der Waals surface area contributed by atoms with Gasteiger partial charge in [-0.15, -0.1) is 0 Å². The van der Waals surface area contributed by atoms with Crippen molar-refractivity contribution in [2.24, 2.45) is 5.92 Å². The molecule has 1 aliphatic carbocycles. The molecule has 1 aromatic carbocycles. The summed E-state index contributed by atoms with van der Waals surface area (Å²) in [5.41, 5.74) is 0. The van der Waals surface area contributed by atoms with E-state index in [9.17, 15) is 23.5 Å². The summed E-state index contributed by atoms with van der Waals surface area (Å²) in [6, 6.07) is 3.29. The lowest BCUT2D eigenvalue weighted by Gasteiger charge is -2.19. The maximum absolute atomic E-state index is 12.6. The van der Waals surface area contributed by atoms with Crippen LogP contribution >= 0.6 is 0 Å². The van der Waals surface area contributed by atoms with Crippen LogP contribution in [0.3, 0.4) is 0 Å². The molecule has 1 N–H and O–H groups in total. The predicted octanol–water partition coefficient (Wildman–Crippen LogP) is 2.53. The number of nitrogens with zero attached hydrogens (tertiary/aromatic N) is 1. The molecule has 2 fully saturated rings. The van der Waals surface area contributed by atoms with Crippen molar-refractivity contribution in [3.8, 4) is 17.2 Å². The standard InChI is InChI=1S/C18H21F2NO6/c1-10(22)21-8-13(6-14(21)17(23)24)26-12-4-5-15(27-18(19)20)16(7-12)25-9-11-2-3-11/h4-5,7,11,13-14,18H,2-3,6,8-9H2,1H3,(H,23,24). The number of halogens is 2. The lowest BCUT2D eigenvalue weighted by atomic mass is 10.2. The molecule has 27 heavy (non-hydrogen) atoms. The number of carboxylic acids is 1. The van der Waals surface area contributed by atoms with Crippen LogP contribution in [0.15, 0.2) is 18.2 Å². The van der Waals surface area contributed by atoms with E-state index in [4.69, 9.17) is 9.47 Å². The van der Waals surface area contributed by atoms with E-state index in [0.29, 0.717) is 18.3 Å². The molecule has 2 aliphatic rings. The fraction of sp³-hybridized carbons (Fsp3) is 0.556. The molecule has 2 unspecified atom stereocenters. The minimum absolute atomic E-state index is 0.0850. The van der Waals surface area contributed by atoms with Gasteiger partial charge in [-0.3, -0.25) is 4.79 Å². The van der Waals surface area contributed by atoms with Crippen LogP contribution < -0.4 is 14.2 Å². The Kier molecular flexibility index (Phi) is 5.67. The molecule has 0 radical (unpaired) electrons. The molecule has 1 aromatic rings. The van der Waals surface area contributed by atoms with E-state index in [1.165, 1.54) is 30.0 Å². The van der Waals surface area contributed by atoms with Gasteiger partial charge in [-0.2, -0.15) is 8.78 Å². The third kappa shape index (κ3) is 4.99. The summed E-state index contributed by atoms with van der Waals surface area (Å²) in [7, 11) is 0. The molecule has 1 saturated heterocycles. The lowest BCUT2D eigenvalue weighted by molar-refractivity contribution is -0.147. The average Bonchev–Trinajstić information content (AvgIpc) is 3.32. The Balaban J connectivity index is 1.71. The maximum atomic E-state index is 12.6. The molecule has 148 valence electrons. The molecule has 1 amide bonds. The number of carbonyl (C=O) groups is 2. The Morgan fingerprint density at radius 1 is 1.30 bits per heavy atom. The van der Waals surface area contributed by atoms with Crippen LogP contribution in [0.5, 0.6) is 17.2 Å². The molecule has 2 atom stereocenters. The number of likely N-dealkylation sites (tertiary alicyclic amines) is 1. The van der Waals surface area contributed by atoms with E-state index in [2.05, 4.69) is 4.74 Å². The van der Waals surface area contributed by atoms with E-state index in [0.717, 1.165) is 12.8 Å². The second-order valence-corrected chi connectivity index (χ2v) is 6.74. The van der Waals surface area contributed by atoms with Crippen molar-refractivity contribution in [3.05, 3.63) is 18.2 Å². The highest BCUT2D eigenvalue weighted by atomic mass is 19.3. The van der Waals surface area contributed by atoms with Gasteiger partial charge in [-0.05, 0) is 30.9 Å². The third-order valence-corrected chi connectivity index (χ3v) is 4.56. The Labute approximate surface area is 154 Å². The lowest BCUT2D eigenvalue weighted by Crippen LogP contribution is -2.39. The Morgan fingerprint density at radius 2 is 2.04 bits per heavy atom. The number of hydrogen-bond acceptors (Lipinski definition) is 5. The minimum atomic E-state index is -2.98. The SMILES string of the molecule is CC(=O)N1CC(Oc2ccc(OC(F)F)c(OCC3CC3)c2)CC1C(=O)O. The molecule has 0 bridgehead atoms. The van der Waals surface area contributed by atoms with Gasteiger partial charge in [0.25, 0.3) is 0 Å². The maximum Gasteiger partial charge on any atom is 0.387 e. The summed E-state index contributed by atoms with van der Waals surface area (Å²) >= 11 is 0. The van der Waals surface area contributed by atoms with Crippen LogP contribution in [0.1, 0.15) is 26.2 Å². The van der Waals surface area contributed by atoms with Gasteiger partial charge in [-0.1, -0.05) is 0 Å². The second-order valence-electron chi connectivity index (χ2n) is 6.74. The first-order chi connectivity index (χ1) is 12.8. The van der Waals surface area contributed by atoms with Gasteiger partial charge in [0, 0.05) is 19.4 Å². The van der Waals surface area contributed by atoms with E-state index < -0.39 is 24.7 Å². The zero-order valence-corrected chi connectivity index (χ0v) is 14.8. The van der Waals surface area contributed by atoms with E-state index in [-0.39, 0.29) is 30.4 Å².